The predicted molar refractivity (Wildman–Crippen MR) is 343 cm³/mol. The molecule has 0 atom stereocenters. The van der Waals surface area contributed by atoms with Crippen LogP contribution in [-0.4, -0.2) is 24.3 Å². The van der Waals surface area contributed by atoms with E-state index >= 15 is 0 Å². The molecular formula is C74H77N5O. The Morgan fingerprint density at radius 2 is 0.762 bits per heavy atom. The molecule has 12 aromatic rings. The van der Waals surface area contributed by atoms with Gasteiger partial charge in [-0.2, -0.15) is 0 Å². The fourth-order valence-corrected chi connectivity index (χ4v) is 12.4. The molecular weight excluding hydrogens is 975 g/mol. The molecule has 13 rings (SSSR count). The summed E-state index contributed by atoms with van der Waals surface area (Å²) in [6.07, 6.45) is 4.51. The third-order valence-electron chi connectivity index (χ3n) is 17.3. The molecule has 0 radical (unpaired) electrons. The average Bonchev–Trinajstić information content (AvgIpc) is 4.38. The first-order valence-electron chi connectivity index (χ1n) is 28.9. The lowest BCUT2D eigenvalue weighted by Gasteiger charge is -2.26. The van der Waals surface area contributed by atoms with Gasteiger partial charge in [0, 0.05) is 54.8 Å². The number of para-hydroxylation sites is 2. The van der Waals surface area contributed by atoms with E-state index in [0.29, 0.717) is 0 Å². The largest absolute Gasteiger partial charge is 0.453 e. The van der Waals surface area contributed by atoms with E-state index in [1.165, 1.54) is 33.4 Å². The minimum Gasteiger partial charge on any atom is -0.453 e. The van der Waals surface area contributed by atoms with E-state index in [9.17, 15) is 0 Å². The van der Waals surface area contributed by atoms with Crippen LogP contribution in [0.3, 0.4) is 0 Å². The average molecular weight is 1050 g/mol. The highest BCUT2D eigenvalue weighted by Gasteiger charge is 2.30. The highest BCUT2D eigenvalue weighted by atomic mass is 16.3. The molecule has 7 aromatic heterocycles. The molecule has 0 spiro atoms. The van der Waals surface area contributed by atoms with Crippen LogP contribution < -0.4 is 0 Å². The Balaban J connectivity index is 1.31. The summed E-state index contributed by atoms with van der Waals surface area (Å²) in [6, 6.07) is 44.0. The number of nitrogens with one attached hydrogen (secondary N) is 2. The molecule has 0 fully saturated rings. The molecule has 8 heterocycles. The smallest absolute Gasteiger partial charge is 0.152 e. The zero-order valence-corrected chi connectivity index (χ0v) is 50.4. The van der Waals surface area contributed by atoms with Crippen molar-refractivity contribution in [2.75, 3.05) is 0 Å². The van der Waals surface area contributed by atoms with Gasteiger partial charge in [-0.3, -0.25) is 4.40 Å². The van der Waals surface area contributed by atoms with Crippen LogP contribution in [0, 0.1) is 0 Å². The van der Waals surface area contributed by atoms with Gasteiger partial charge in [0.15, 0.2) is 11.2 Å². The van der Waals surface area contributed by atoms with Crippen LogP contribution in [0.1, 0.15) is 169 Å². The molecule has 0 amide bonds. The topological polar surface area (TPSA) is 74.9 Å². The van der Waals surface area contributed by atoms with Crippen molar-refractivity contribution in [3.8, 4) is 33.4 Å². The first-order valence-corrected chi connectivity index (χ1v) is 28.9. The minimum absolute atomic E-state index is 0.111. The van der Waals surface area contributed by atoms with Crippen molar-refractivity contribution in [3.05, 3.63) is 160 Å². The Bertz CT molecular complexity index is 4590. The van der Waals surface area contributed by atoms with Crippen molar-refractivity contribution >= 4 is 94.5 Å². The number of hydrogen-bond donors (Lipinski definition) is 2. The summed E-state index contributed by atoms with van der Waals surface area (Å²) in [7, 11) is 0. The molecule has 6 nitrogen and oxygen atoms in total. The maximum Gasteiger partial charge on any atom is 0.152 e. The van der Waals surface area contributed by atoms with E-state index in [1.807, 2.05) is 0 Å². The molecule has 1 aliphatic heterocycles. The van der Waals surface area contributed by atoms with Crippen LogP contribution in [0.15, 0.2) is 120 Å². The normalized spacial score (nSPS) is 13.8. The number of H-pyrrole nitrogens is 2. The van der Waals surface area contributed by atoms with Gasteiger partial charge in [0.05, 0.1) is 44.5 Å². The Hall–Kier alpha value is -7.70. The summed E-state index contributed by atoms with van der Waals surface area (Å²) in [5.41, 5.74) is 25.9. The zero-order chi connectivity index (χ0) is 56.7. The number of rotatable bonds is 3. The summed E-state index contributed by atoms with van der Waals surface area (Å²) in [4.78, 5) is 20.3. The lowest BCUT2D eigenvalue weighted by Crippen LogP contribution is -2.16. The molecule has 0 unspecified atom stereocenters. The minimum atomic E-state index is -0.118. The van der Waals surface area contributed by atoms with Crippen LogP contribution in [-0.2, 0) is 32.5 Å². The molecule has 0 saturated carbocycles. The number of pyridine rings is 2. The number of fused-ring (bicyclic) bond motifs is 8. The van der Waals surface area contributed by atoms with Crippen LogP contribution in [0.25, 0.3) is 128 Å². The van der Waals surface area contributed by atoms with Gasteiger partial charge in [-0.1, -0.05) is 203 Å². The molecule has 1 aliphatic rings. The summed E-state index contributed by atoms with van der Waals surface area (Å²) < 4.78 is 9.41. The van der Waals surface area contributed by atoms with E-state index in [1.54, 1.807) is 0 Å². The van der Waals surface area contributed by atoms with Gasteiger partial charge in [-0.25, -0.2) is 9.97 Å². The van der Waals surface area contributed by atoms with Gasteiger partial charge in [0.25, 0.3) is 0 Å². The van der Waals surface area contributed by atoms with Gasteiger partial charge in [0.2, 0.25) is 0 Å². The molecule has 6 heteroatoms. The van der Waals surface area contributed by atoms with Crippen LogP contribution >= 0.6 is 0 Å². The number of hydrogen-bond acceptors (Lipinski definition) is 3. The predicted octanol–water partition coefficient (Wildman–Crippen LogP) is 20.9. The molecule has 0 saturated heterocycles. The second kappa shape index (κ2) is 16.9. The first kappa shape index (κ1) is 51.7. The Labute approximate surface area is 471 Å². The lowest BCUT2D eigenvalue weighted by molar-refractivity contribution is 0.568. The summed E-state index contributed by atoms with van der Waals surface area (Å²) in [5.74, 6) is 0. The standard InChI is InChI=1S/C74H77N5O/c1-69(2,3)43-29-40(30-44(35-43)70(4,5)6)61-53-25-27-55(75-53)62(41-31-45(71(7,8)9)36-46(32-41)72(10,11)12)57-38-51-49-21-19-23-59-66(49)79-67-50(22-20-24-60(67)80-59)52-39-58(78-65(52)68(79)64(51)77-57)63(56-28-26-54(61)76-56)42-33-47(73(13,14)15)37-48(34-42)74(16,17)18/h19-39,75,78H,1-18H3. The van der Waals surface area contributed by atoms with Gasteiger partial charge in [0.1, 0.15) is 0 Å². The third-order valence-corrected chi connectivity index (χ3v) is 17.3. The number of aromatic amines is 2. The second-order valence-electron chi connectivity index (χ2n) is 29.5. The fraction of sp³-hybridized carbons (Fsp3) is 0.324. The molecule has 404 valence electrons. The molecule has 2 N–H and O–H groups in total. The second-order valence-corrected chi connectivity index (χ2v) is 29.5. The maximum atomic E-state index is 6.97. The van der Waals surface area contributed by atoms with Gasteiger partial charge >= 0.3 is 0 Å². The van der Waals surface area contributed by atoms with Crippen molar-refractivity contribution in [1.82, 2.24) is 24.3 Å². The van der Waals surface area contributed by atoms with Crippen molar-refractivity contribution < 1.29 is 4.42 Å². The summed E-state index contributed by atoms with van der Waals surface area (Å²) in [5, 5.41) is 4.38. The lowest BCUT2D eigenvalue weighted by atomic mass is 9.78. The van der Waals surface area contributed by atoms with E-state index in [2.05, 4.69) is 266 Å². The number of nitrogens with zero attached hydrogens (tertiary/aromatic N) is 3. The van der Waals surface area contributed by atoms with Crippen molar-refractivity contribution in [3.63, 3.8) is 0 Å². The van der Waals surface area contributed by atoms with E-state index in [-0.39, 0.29) is 32.5 Å². The summed E-state index contributed by atoms with van der Waals surface area (Å²) in [6.45, 7) is 41.8. The molecule has 80 heavy (non-hydrogen) atoms. The van der Waals surface area contributed by atoms with Crippen LogP contribution in [0.2, 0.25) is 0 Å². The van der Waals surface area contributed by atoms with Crippen molar-refractivity contribution in [1.29, 1.82) is 0 Å². The van der Waals surface area contributed by atoms with Crippen molar-refractivity contribution in [2.24, 2.45) is 0 Å². The highest BCUT2D eigenvalue weighted by molar-refractivity contribution is 6.28. The number of aromatic nitrogens is 5. The van der Waals surface area contributed by atoms with E-state index in [0.717, 1.165) is 127 Å². The van der Waals surface area contributed by atoms with Gasteiger partial charge in [-0.05, 0) is 131 Å². The zero-order valence-electron chi connectivity index (χ0n) is 50.4. The van der Waals surface area contributed by atoms with Crippen LogP contribution in [0.4, 0.5) is 0 Å². The van der Waals surface area contributed by atoms with E-state index in [4.69, 9.17) is 14.4 Å². The quantitative estimate of drug-likeness (QED) is 0.137. The summed E-state index contributed by atoms with van der Waals surface area (Å²) >= 11 is 0. The number of benzene rings is 5. The molecule has 5 aromatic carbocycles. The van der Waals surface area contributed by atoms with Crippen molar-refractivity contribution in [2.45, 2.75) is 157 Å². The fourth-order valence-electron chi connectivity index (χ4n) is 12.4. The van der Waals surface area contributed by atoms with Gasteiger partial charge < -0.3 is 14.4 Å². The third kappa shape index (κ3) is 8.25. The van der Waals surface area contributed by atoms with E-state index < -0.39 is 0 Å². The Morgan fingerprint density at radius 1 is 0.362 bits per heavy atom. The highest BCUT2D eigenvalue weighted by Crippen LogP contribution is 2.47. The Morgan fingerprint density at radius 3 is 1.20 bits per heavy atom. The van der Waals surface area contributed by atoms with Crippen LogP contribution in [0.5, 0.6) is 0 Å². The molecule has 8 bridgehead atoms. The maximum absolute atomic E-state index is 6.97. The molecule has 0 aliphatic carbocycles. The Kier molecular flexibility index (Phi) is 10.9. The first-order chi connectivity index (χ1) is 37.4. The monoisotopic (exact) mass is 1050 g/mol. The SMILES string of the molecule is CC(C)(C)c1cc(-c2c3nc(c(-c4cc(C(C)(C)C)cc(C(C)(C)C)c4)c4cc5c6cccc7oc8cccc9c%10cc(nc%10c(c5[nH]4)n(c89)c76)c(-c4cc(C(C)(C)C)cc(C(C)(C)C)c4)c4ccc2[nH]4)C=C3)cc(C(C)(C)C)c1. The van der Waals surface area contributed by atoms with Gasteiger partial charge in [-0.15, -0.1) is 0 Å².